The van der Waals surface area contributed by atoms with Gasteiger partial charge in [0.05, 0.1) is 6.04 Å². The Morgan fingerprint density at radius 1 is 1.15 bits per heavy atom. The Hall–Kier alpha value is -0.900. The molecule has 1 saturated carbocycles. The first kappa shape index (κ1) is 15.5. The fourth-order valence-electron chi connectivity index (χ4n) is 3.64. The average Bonchev–Trinajstić information content (AvgIpc) is 2.86. The molecule has 2 rings (SSSR count). The van der Waals surface area contributed by atoms with Crippen LogP contribution in [0.2, 0.25) is 0 Å². The van der Waals surface area contributed by atoms with Gasteiger partial charge in [-0.2, -0.15) is 0 Å². The van der Waals surface area contributed by atoms with Crippen molar-refractivity contribution in [2.24, 2.45) is 0 Å². The van der Waals surface area contributed by atoms with E-state index in [4.69, 9.17) is 0 Å². The van der Waals surface area contributed by atoms with Crippen LogP contribution in [0, 0.1) is 0 Å². The van der Waals surface area contributed by atoms with E-state index in [1.54, 1.807) is 6.92 Å². The zero-order valence-corrected chi connectivity index (χ0v) is 12.9. The van der Waals surface area contributed by atoms with Crippen molar-refractivity contribution in [3.05, 3.63) is 0 Å². The lowest BCUT2D eigenvalue weighted by molar-refractivity contribution is -0.128. The summed E-state index contributed by atoms with van der Waals surface area (Å²) in [5.74, 6) is 0.370. The van der Waals surface area contributed by atoms with E-state index in [-0.39, 0.29) is 23.8 Å². The summed E-state index contributed by atoms with van der Waals surface area (Å²) in [4.78, 5) is 25.9. The molecule has 4 nitrogen and oxygen atoms in total. The number of nitrogens with zero attached hydrogens (tertiary/aromatic N) is 1. The van der Waals surface area contributed by atoms with Gasteiger partial charge in [0.2, 0.25) is 5.91 Å². The molecule has 2 atom stereocenters. The summed E-state index contributed by atoms with van der Waals surface area (Å²) in [6, 6.07) is 0.524. The summed E-state index contributed by atoms with van der Waals surface area (Å²) < 4.78 is 0. The van der Waals surface area contributed by atoms with Gasteiger partial charge in [-0.3, -0.25) is 14.5 Å². The molecule has 0 aromatic carbocycles. The van der Waals surface area contributed by atoms with Gasteiger partial charge >= 0.3 is 0 Å². The quantitative estimate of drug-likeness (QED) is 0.840. The molecule has 2 fully saturated rings. The van der Waals surface area contributed by atoms with Crippen molar-refractivity contribution in [1.29, 1.82) is 0 Å². The van der Waals surface area contributed by atoms with E-state index < -0.39 is 0 Å². The van der Waals surface area contributed by atoms with E-state index in [1.165, 1.54) is 19.3 Å². The predicted octanol–water partition coefficient (Wildman–Crippen LogP) is 2.27. The lowest BCUT2D eigenvalue weighted by Gasteiger charge is -2.31. The topological polar surface area (TPSA) is 49.4 Å². The van der Waals surface area contributed by atoms with Crippen LogP contribution in [0.15, 0.2) is 0 Å². The van der Waals surface area contributed by atoms with Crippen LogP contribution >= 0.6 is 0 Å². The first-order chi connectivity index (χ1) is 9.58. The molecule has 0 spiro atoms. The van der Waals surface area contributed by atoms with Gasteiger partial charge < -0.3 is 5.32 Å². The maximum Gasteiger partial charge on any atom is 0.237 e. The highest BCUT2D eigenvalue weighted by Crippen LogP contribution is 2.23. The molecule has 0 aromatic heterocycles. The Morgan fingerprint density at radius 3 is 2.50 bits per heavy atom. The maximum absolute atomic E-state index is 12.4. The van der Waals surface area contributed by atoms with Crippen molar-refractivity contribution in [2.75, 3.05) is 6.54 Å². The van der Waals surface area contributed by atoms with Crippen LogP contribution in [-0.2, 0) is 9.59 Å². The standard InChI is InChI=1S/C16H28N2O2/c1-12(19)11-15-9-6-10-18(15)13(2)16(20)17-14-7-4-3-5-8-14/h13-15H,3-11H2,1-2H3,(H,17,20). The van der Waals surface area contributed by atoms with E-state index in [2.05, 4.69) is 10.2 Å². The molecular weight excluding hydrogens is 252 g/mol. The minimum atomic E-state index is -0.108. The number of rotatable bonds is 5. The highest BCUT2D eigenvalue weighted by molar-refractivity contribution is 5.82. The molecule has 1 amide bonds. The Bertz CT molecular complexity index is 350. The molecule has 20 heavy (non-hydrogen) atoms. The van der Waals surface area contributed by atoms with Gasteiger partial charge in [0.25, 0.3) is 0 Å². The molecule has 114 valence electrons. The van der Waals surface area contributed by atoms with Gasteiger partial charge in [-0.15, -0.1) is 0 Å². The largest absolute Gasteiger partial charge is 0.352 e. The third-order valence-corrected chi connectivity index (χ3v) is 4.77. The minimum Gasteiger partial charge on any atom is -0.352 e. The van der Waals surface area contributed by atoms with E-state index in [9.17, 15) is 9.59 Å². The second-order valence-electron chi connectivity index (χ2n) is 6.46. The number of ketones is 1. The number of hydrogen-bond acceptors (Lipinski definition) is 3. The summed E-state index contributed by atoms with van der Waals surface area (Å²) in [7, 11) is 0. The van der Waals surface area contributed by atoms with Crippen molar-refractivity contribution in [1.82, 2.24) is 10.2 Å². The summed E-state index contributed by atoms with van der Waals surface area (Å²) in [6.07, 6.45) is 8.73. The normalized spacial score (nSPS) is 26.4. The van der Waals surface area contributed by atoms with Crippen molar-refractivity contribution < 1.29 is 9.59 Å². The van der Waals surface area contributed by atoms with E-state index in [1.807, 2.05) is 6.92 Å². The first-order valence-corrected chi connectivity index (χ1v) is 8.13. The molecule has 0 bridgehead atoms. The SMILES string of the molecule is CC(=O)CC1CCCN1C(C)C(=O)NC1CCCCC1. The molecule has 2 unspecified atom stereocenters. The Balaban J connectivity index is 1.86. The fraction of sp³-hybridized carbons (Fsp3) is 0.875. The molecule has 1 heterocycles. The Labute approximate surface area is 122 Å². The highest BCUT2D eigenvalue weighted by atomic mass is 16.2. The monoisotopic (exact) mass is 280 g/mol. The number of nitrogens with one attached hydrogen (secondary N) is 1. The van der Waals surface area contributed by atoms with Crippen molar-refractivity contribution in [3.8, 4) is 0 Å². The van der Waals surface area contributed by atoms with Crippen LogP contribution in [0.4, 0.5) is 0 Å². The van der Waals surface area contributed by atoms with Gasteiger partial charge in [0.15, 0.2) is 0 Å². The maximum atomic E-state index is 12.4. The summed E-state index contributed by atoms with van der Waals surface area (Å²) in [6.45, 7) is 4.57. The summed E-state index contributed by atoms with van der Waals surface area (Å²) in [5, 5.41) is 3.20. The molecule has 2 aliphatic rings. The van der Waals surface area contributed by atoms with Crippen LogP contribution in [0.5, 0.6) is 0 Å². The third-order valence-electron chi connectivity index (χ3n) is 4.77. The number of hydrogen-bond donors (Lipinski definition) is 1. The molecular formula is C16H28N2O2. The van der Waals surface area contributed by atoms with Gasteiger partial charge in [0.1, 0.15) is 5.78 Å². The fourth-order valence-corrected chi connectivity index (χ4v) is 3.64. The molecule has 0 radical (unpaired) electrons. The van der Waals surface area contributed by atoms with Crippen LogP contribution < -0.4 is 5.32 Å². The van der Waals surface area contributed by atoms with Gasteiger partial charge in [-0.05, 0) is 46.1 Å². The van der Waals surface area contributed by atoms with Crippen molar-refractivity contribution >= 4 is 11.7 Å². The molecule has 1 aliphatic carbocycles. The minimum absolute atomic E-state index is 0.108. The van der Waals surface area contributed by atoms with Crippen molar-refractivity contribution in [3.63, 3.8) is 0 Å². The second-order valence-corrected chi connectivity index (χ2v) is 6.46. The van der Waals surface area contributed by atoms with Crippen molar-refractivity contribution in [2.45, 2.75) is 83.3 Å². The number of likely N-dealkylation sites (tertiary alicyclic amines) is 1. The summed E-state index contributed by atoms with van der Waals surface area (Å²) in [5.41, 5.74) is 0. The lowest BCUT2D eigenvalue weighted by Crippen LogP contribution is -2.50. The number of carbonyl (C=O) groups is 2. The Morgan fingerprint density at radius 2 is 1.85 bits per heavy atom. The third kappa shape index (κ3) is 4.05. The lowest BCUT2D eigenvalue weighted by atomic mass is 9.95. The zero-order valence-electron chi connectivity index (χ0n) is 12.9. The van der Waals surface area contributed by atoms with Gasteiger partial charge in [-0.25, -0.2) is 0 Å². The van der Waals surface area contributed by atoms with Crippen LogP contribution in [0.3, 0.4) is 0 Å². The van der Waals surface area contributed by atoms with Gasteiger partial charge in [-0.1, -0.05) is 19.3 Å². The Kier molecular flexibility index (Phi) is 5.58. The van der Waals surface area contributed by atoms with E-state index in [0.717, 1.165) is 32.2 Å². The number of amides is 1. The van der Waals surface area contributed by atoms with Gasteiger partial charge in [0, 0.05) is 18.5 Å². The highest BCUT2D eigenvalue weighted by Gasteiger charge is 2.33. The molecule has 0 aromatic rings. The predicted molar refractivity (Wildman–Crippen MR) is 79.5 cm³/mol. The van der Waals surface area contributed by atoms with E-state index in [0.29, 0.717) is 12.5 Å². The molecule has 1 aliphatic heterocycles. The molecule has 1 saturated heterocycles. The average molecular weight is 280 g/mol. The number of carbonyl (C=O) groups excluding carboxylic acids is 2. The first-order valence-electron chi connectivity index (χ1n) is 8.13. The van der Waals surface area contributed by atoms with E-state index >= 15 is 0 Å². The molecule has 1 N–H and O–H groups in total. The van der Waals surface area contributed by atoms with Crippen LogP contribution in [0.25, 0.3) is 0 Å². The van der Waals surface area contributed by atoms with Crippen LogP contribution in [-0.4, -0.2) is 41.3 Å². The smallest absolute Gasteiger partial charge is 0.237 e. The zero-order chi connectivity index (χ0) is 14.5. The second kappa shape index (κ2) is 7.21. The number of Topliss-reactive ketones (excluding diaryl/α,β-unsaturated/α-hetero) is 1. The molecule has 4 heteroatoms. The van der Waals surface area contributed by atoms with Crippen LogP contribution in [0.1, 0.15) is 65.2 Å². The summed E-state index contributed by atoms with van der Waals surface area (Å²) >= 11 is 0.